The van der Waals surface area contributed by atoms with Crippen molar-refractivity contribution >= 4 is 17.7 Å². The first-order chi connectivity index (χ1) is 32.5. The first kappa shape index (κ1) is 48.7. The molecular weight excluding hydrogens is 855 g/mol. The number of carbonyl (C=O) groups is 3. The molecule has 0 aliphatic heterocycles. The lowest BCUT2D eigenvalue weighted by Crippen LogP contribution is -2.35. The fourth-order valence-corrected chi connectivity index (χ4v) is 7.09. The molecular formula is C51H57N7O9. The van der Waals surface area contributed by atoms with Gasteiger partial charge >= 0.3 is 0 Å². The smallest absolute Gasteiger partial charge is 0.293 e. The van der Waals surface area contributed by atoms with Crippen molar-refractivity contribution < 1.29 is 28.6 Å². The predicted molar refractivity (Wildman–Crippen MR) is 255 cm³/mol. The number of ether oxygens (including phenoxy) is 3. The Bertz CT molecular complexity index is 2470. The quantitative estimate of drug-likeness (QED) is 0.0727. The van der Waals surface area contributed by atoms with Crippen LogP contribution >= 0.6 is 0 Å². The number of hydrogen-bond donors (Lipinski definition) is 3. The van der Waals surface area contributed by atoms with Gasteiger partial charge in [0.1, 0.15) is 19.8 Å². The lowest BCUT2D eigenvalue weighted by Gasteiger charge is -2.23. The minimum absolute atomic E-state index is 0.0337. The lowest BCUT2D eigenvalue weighted by atomic mass is 10.2. The normalized spacial score (nSPS) is 10.9. The molecule has 0 aliphatic rings. The second kappa shape index (κ2) is 24.5. The highest BCUT2D eigenvalue weighted by Gasteiger charge is 2.21. The molecule has 0 aliphatic carbocycles. The summed E-state index contributed by atoms with van der Waals surface area (Å²) in [6.45, 7) is 2.89. The molecule has 16 heteroatoms. The SMILES string of the molecule is Cn1ccc(C(=O)NCCCN(CCCNC(=O)c2ccn(C)c(=O)c2OCc2ccccc2)CCCNC(=O)c2ccn(C)c(=O)c2OCc2ccccc2)c(OCc2ccccc2)c1=O. The second-order valence-electron chi connectivity index (χ2n) is 15.9. The zero-order valence-corrected chi connectivity index (χ0v) is 38.1. The van der Waals surface area contributed by atoms with Crippen LogP contribution in [0.1, 0.15) is 67.0 Å². The van der Waals surface area contributed by atoms with Gasteiger partial charge in [0.15, 0.2) is 17.2 Å². The Balaban J connectivity index is 1.06. The largest absolute Gasteiger partial charge is 0.482 e. The standard InChI is InChI=1S/C51H57N7O9/c1-55-31-22-40(43(49(55)62)65-34-37-16-7-4-8-17-37)46(59)52-25-13-28-58(29-14-26-53-47(60)41-23-32-56(2)50(63)44(41)66-35-38-18-9-5-10-19-38)30-15-27-54-48(61)42-24-33-57(3)51(64)45(42)67-36-39-20-11-6-12-21-39/h4-12,16-24,31-33H,13-15,25-30,34-36H2,1-3H3,(H,52,59)(H,53,60)(H,54,61). The van der Waals surface area contributed by atoms with Crippen LogP contribution in [0.15, 0.2) is 142 Å². The summed E-state index contributed by atoms with van der Waals surface area (Å²) in [4.78, 5) is 81.6. The van der Waals surface area contributed by atoms with Crippen LogP contribution in [0.4, 0.5) is 0 Å². The molecule has 16 nitrogen and oxygen atoms in total. The van der Waals surface area contributed by atoms with Gasteiger partial charge in [0.05, 0.1) is 16.7 Å². The zero-order valence-electron chi connectivity index (χ0n) is 38.1. The minimum atomic E-state index is -0.441. The summed E-state index contributed by atoms with van der Waals surface area (Å²) in [6.07, 6.45) is 6.20. The summed E-state index contributed by atoms with van der Waals surface area (Å²) in [5.74, 6) is -1.42. The van der Waals surface area contributed by atoms with E-state index in [-0.39, 0.29) is 53.8 Å². The number of hydrogen-bond acceptors (Lipinski definition) is 10. The van der Waals surface area contributed by atoms with Crippen LogP contribution in [0, 0.1) is 0 Å². The number of rotatable bonds is 24. The van der Waals surface area contributed by atoms with Crippen LogP contribution in [0.3, 0.4) is 0 Å². The maximum Gasteiger partial charge on any atom is 0.293 e. The van der Waals surface area contributed by atoms with Crippen LogP contribution in [0.5, 0.6) is 17.2 Å². The lowest BCUT2D eigenvalue weighted by molar-refractivity contribution is 0.0940. The molecule has 0 saturated heterocycles. The van der Waals surface area contributed by atoms with Crippen molar-refractivity contribution in [2.24, 2.45) is 21.1 Å². The van der Waals surface area contributed by atoms with Gasteiger partial charge < -0.3 is 48.8 Å². The van der Waals surface area contributed by atoms with E-state index in [1.165, 1.54) is 32.3 Å². The van der Waals surface area contributed by atoms with E-state index in [1.807, 2.05) is 91.0 Å². The van der Waals surface area contributed by atoms with Crippen LogP contribution < -0.4 is 46.8 Å². The van der Waals surface area contributed by atoms with E-state index in [4.69, 9.17) is 14.2 Å². The Labute approximate surface area is 388 Å². The summed E-state index contributed by atoms with van der Waals surface area (Å²) >= 11 is 0. The topological polar surface area (TPSA) is 184 Å². The van der Waals surface area contributed by atoms with Crippen molar-refractivity contribution in [2.75, 3.05) is 39.3 Å². The molecule has 3 aromatic carbocycles. The third kappa shape index (κ3) is 13.9. The Kier molecular flexibility index (Phi) is 17.8. The fraction of sp³-hybridized carbons (Fsp3) is 0.294. The number of amides is 3. The van der Waals surface area contributed by atoms with E-state index < -0.39 is 34.4 Å². The van der Waals surface area contributed by atoms with Gasteiger partial charge in [0.25, 0.3) is 34.4 Å². The molecule has 350 valence electrons. The summed E-state index contributed by atoms with van der Waals surface area (Å²) in [6, 6.07) is 32.8. The third-order valence-corrected chi connectivity index (χ3v) is 10.9. The highest BCUT2D eigenvalue weighted by atomic mass is 16.5. The van der Waals surface area contributed by atoms with Gasteiger partial charge in [-0.3, -0.25) is 28.8 Å². The van der Waals surface area contributed by atoms with E-state index in [9.17, 15) is 28.8 Å². The van der Waals surface area contributed by atoms with Gasteiger partial charge in [0.2, 0.25) is 0 Å². The molecule has 67 heavy (non-hydrogen) atoms. The van der Waals surface area contributed by atoms with Crippen molar-refractivity contribution in [3.05, 3.63) is 192 Å². The average molecular weight is 912 g/mol. The van der Waals surface area contributed by atoms with Crippen molar-refractivity contribution in [1.82, 2.24) is 34.6 Å². The van der Waals surface area contributed by atoms with Gasteiger partial charge in [-0.2, -0.15) is 0 Å². The van der Waals surface area contributed by atoms with Crippen molar-refractivity contribution in [3.8, 4) is 17.2 Å². The van der Waals surface area contributed by atoms with Crippen LogP contribution in [-0.2, 0) is 41.0 Å². The highest BCUT2D eigenvalue weighted by Crippen LogP contribution is 2.18. The van der Waals surface area contributed by atoms with Crippen molar-refractivity contribution in [1.29, 1.82) is 0 Å². The summed E-state index contributed by atoms with van der Waals surface area (Å²) in [5.41, 5.74) is 1.69. The number of pyridine rings is 3. The van der Waals surface area contributed by atoms with Gasteiger partial charge in [-0.15, -0.1) is 0 Å². The predicted octanol–water partition coefficient (Wildman–Crippen LogP) is 4.58. The Hall–Kier alpha value is -7.72. The average Bonchev–Trinajstić information content (AvgIpc) is 3.34. The molecule has 3 N–H and O–H groups in total. The van der Waals surface area contributed by atoms with E-state index in [2.05, 4.69) is 20.9 Å². The second-order valence-corrected chi connectivity index (χ2v) is 15.9. The molecule has 0 atom stereocenters. The Morgan fingerprint density at radius 2 is 0.701 bits per heavy atom. The number of aryl methyl sites for hydroxylation is 3. The van der Waals surface area contributed by atoms with Gasteiger partial charge in [-0.05, 0) is 73.8 Å². The molecule has 3 heterocycles. The van der Waals surface area contributed by atoms with Crippen LogP contribution in [-0.4, -0.2) is 75.6 Å². The molecule has 0 radical (unpaired) electrons. The monoisotopic (exact) mass is 911 g/mol. The number of nitrogens with one attached hydrogen (secondary N) is 3. The molecule has 6 aromatic rings. The Morgan fingerprint density at radius 3 is 0.970 bits per heavy atom. The van der Waals surface area contributed by atoms with Crippen molar-refractivity contribution in [2.45, 2.75) is 39.1 Å². The molecule has 0 spiro atoms. The van der Waals surface area contributed by atoms with Crippen molar-refractivity contribution in [3.63, 3.8) is 0 Å². The fourth-order valence-electron chi connectivity index (χ4n) is 7.09. The van der Waals surface area contributed by atoms with E-state index in [0.717, 1.165) is 16.7 Å². The van der Waals surface area contributed by atoms with E-state index in [1.54, 1.807) is 39.3 Å². The molecule has 0 unspecified atom stereocenters. The van der Waals surface area contributed by atoms with Gasteiger partial charge in [-0.25, -0.2) is 0 Å². The van der Waals surface area contributed by atoms with E-state index >= 15 is 0 Å². The van der Waals surface area contributed by atoms with Gasteiger partial charge in [0, 0.05) is 59.4 Å². The molecule has 3 amide bonds. The van der Waals surface area contributed by atoms with Crippen LogP contribution in [0.25, 0.3) is 0 Å². The summed E-state index contributed by atoms with van der Waals surface area (Å²) < 4.78 is 21.7. The molecule has 6 rings (SSSR count). The molecule has 0 fully saturated rings. The minimum Gasteiger partial charge on any atom is -0.482 e. The van der Waals surface area contributed by atoms with Gasteiger partial charge in [-0.1, -0.05) is 91.0 Å². The Morgan fingerprint density at radius 1 is 0.433 bits per heavy atom. The number of benzene rings is 3. The third-order valence-electron chi connectivity index (χ3n) is 10.9. The number of nitrogens with zero attached hydrogens (tertiary/aromatic N) is 4. The molecule has 3 aromatic heterocycles. The summed E-state index contributed by atoms with van der Waals surface area (Å²) in [7, 11) is 4.78. The zero-order chi connectivity index (χ0) is 47.5. The summed E-state index contributed by atoms with van der Waals surface area (Å²) in [5, 5.41) is 8.77. The van der Waals surface area contributed by atoms with Crippen LogP contribution in [0.2, 0.25) is 0 Å². The molecule has 0 bridgehead atoms. The molecule has 0 saturated carbocycles. The first-order valence-corrected chi connectivity index (χ1v) is 22.2. The number of aromatic nitrogens is 3. The number of carbonyl (C=O) groups excluding carboxylic acids is 3. The first-order valence-electron chi connectivity index (χ1n) is 22.2. The highest BCUT2D eigenvalue weighted by molar-refractivity contribution is 5.97. The maximum absolute atomic E-state index is 13.4. The van der Waals surface area contributed by atoms with E-state index in [0.29, 0.717) is 58.5 Å². The maximum atomic E-state index is 13.4.